The summed E-state index contributed by atoms with van der Waals surface area (Å²) < 4.78 is 59.3. The molecule has 2 unspecified atom stereocenters. The molecule has 4 aromatic rings. The number of halogens is 3. The van der Waals surface area contributed by atoms with E-state index in [1.165, 1.54) is 24.3 Å². The molecule has 0 radical (unpaired) electrons. The van der Waals surface area contributed by atoms with Gasteiger partial charge in [-0.05, 0) is 68.6 Å². The largest absolute Gasteiger partial charge is 0.508 e. The lowest BCUT2D eigenvalue weighted by atomic mass is 9.92. The van der Waals surface area contributed by atoms with Gasteiger partial charge in [-0.2, -0.15) is 9.97 Å². The number of rotatable bonds is 6. The maximum Gasteiger partial charge on any atom is 0.319 e. The van der Waals surface area contributed by atoms with E-state index in [2.05, 4.69) is 21.1 Å². The quantitative estimate of drug-likeness (QED) is 0.268. The SMILES string of the molecule is C#Cc1c(F)ccc2cc(O)cc(-c3cc4c5c(nc(OC[C@@]67CCCN6C[C@H](F)C7)nc5c3F)N(C)C(C)CC(CNC)O4)c12. The monoisotopic (exact) mass is 631 g/mol. The Morgan fingerprint density at radius 3 is 2.80 bits per heavy atom. The van der Waals surface area contributed by atoms with Gasteiger partial charge in [0.1, 0.15) is 47.5 Å². The number of fused-ring (bicyclic) bond motifs is 2. The van der Waals surface area contributed by atoms with E-state index in [0.29, 0.717) is 48.3 Å². The van der Waals surface area contributed by atoms with E-state index in [-0.39, 0.29) is 58.1 Å². The van der Waals surface area contributed by atoms with Crippen molar-refractivity contribution >= 4 is 27.5 Å². The lowest BCUT2D eigenvalue weighted by molar-refractivity contribution is 0.107. The highest BCUT2D eigenvalue weighted by Gasteiger charge is 2.49. The third kappa shape index (κ3) is 4.95. The summed E-state index contributed by atoms with van der Waals surface area (Å²) in [6, 6.07) is 7.01. The van der Waals surface area contributed by atoms with E-state index in [1.807, 2.05) is 25.9 Å². The summed E-state index contributed by atoms with van der Waals surface area (Å²) in [4.78, 5) is 13.5. The smallest absolute Gasteiger partial charge is 0.319 e. The number of likely N-dealkylation sites (N-methyl/N-ethyl adjacent to an activating group) is 1. The van der Waals surface area contributed by atoms with Gasteiger partial charge in [-0.1, -0.05) is 12.0 Å². The lowest BCUT2D eigenvalue weighted by Gasteiger charge is -2.34. The Bertz CT molecular complexity index is 1900. The summed E-state index contributed by atoms with van der Waals surface area (Å²) in [5.41, 5.74) is -0.334. The molecule has 0 spiro atoms. The van der Waals surface area contributed by atoms with Crippen molar-refractivity contribution in [3.8, 4) is 41.0 Å². The third-order valence-corrected chi connectivity index (χ3v) is 9.88. The summed E-state index contributed by atoms with van der Waals surface area (Å²) in [7, 11) is 3.72. The Morgan fingerprint density at radius 2 is 2.02 bits per heavy atom. The number of anilines is 1. The Morgan fingerprint density at radius 1 is 1.20 bits per heavy atom. The van der Waals surface area contributed by atoms with Crippen LogP contribution in [0.1, 0.15) is 38.2 Å². The van der Waals surface area contributed by atoms with Gasteiger partial charge in [0.2, 0.25) is 0 Å². The summed E-state index contributed by atoms with van der Waals surface area (Å²) in [6.45, 7) is 3.92. The first-order valence-corrected chi connectivity index (χ1v) is 15.6. The van der Waals surface area contributed by atoms with Crippen molar-refractivity contribution < 1.29 is 27.8 Å². The molecular formula is C35H36F3N5O3. The molecule has 3 aromatic carbocycles. The van der Waals surface area contributed by atoms with Crippen molar-refractivity contribution in [3.63, 3.8) is 0 Å². The van der Waals surface area contributed by atoms with Gasteiger partial charge >= 0.3 is 6.01 Å². The van der Waals surface area contributed by atoms with Gasteiger partial charge in [-0.25, -0.2) is 13.2 Å². The van der Waals surface area contributed by atoms with Gasteiger partial charge in [0.25, 0.3) is 0 Å². The van der Waals surface area contributed by atoms with Gasteiger partial charge in [0.05, 0.1) is 16.5 Å². The van der Waals surface area contributed by atoms with Crippen LogP contribution in [0, 0.1) is 24.0 Å². The van der Waals surface area contributed by atoms with Crippen LogP contribution in [0.5, 0.6) is 17.5 Å². The molecule has 2 fully saturated rings. The number of nitrogens with one attached hydrogen (secondary N) is 1. The highest BCUT2D eigenvalue weighted by atomic mass is 19.1. The Hall–Kier alpha value is -4.27. The molecule has 8 nitrogen and oxygen atoms in total. The zero-order chi connectivity index (χ0) is 32.3. The Balaban J connectivity index is 1.46. The fourth-order valence-corrected chi connectivity index (χ4v) is 7.57. The average molecular weight is 632 g/mol. The second kappa shape index (κ2) is 11.5. The predicted octanol–water partition coefficient (Wildman–Crippen LogP) is 5.57. The van der Waals surface area contributed by atoms with E-state index < -0.39 is 23.3 Å². The third-order valence-electron chi connectivity index (χ3n) is 9.88. The Labute approximate surface area is 265 Å². The van der Waals surface area contributed by atoms with Crippen LogP contribution in [0.15, 0.2) is 30.3 Å². The zero-order valence-corrected chi connectivity index (χ0v) is 26.0. The standard InChI is InChI=1S/C35H36F3N5O3/c1-5-24-27(37)8-7-20-12-22(44)13-25(29(20)24)26-14-28-30-32(31(26)38)40-34(45-18-35-9-6-10-43(35)17-21(36)15-35)41-33(30)42(4)19(2)11-23(46-28)16-39-3/h1,7-8,12-14,19,21,23,39,44H,6,9-11,15-18H2,2-4H3/t19?,21-,23?,35+/m1/s1. The minimum atomic E-state index is -0.929. The molecule has 2 saturated heterocycles. The second-order valence-corrected chi connectivity index (χ2v) is 12.8. The number of hydrogen-bond donors (Lipinski definition) is 2. The summed E-state index contributed by atoms with van der Waals surface area (Å²) in [6.07, 6.45) is 7.27. The zero-order valence-electron chi connectivity index (χ0n) is 26.0. The van der Waals surface area contributed by atoms with E-state index in [9.17, 15) is 13.9 Å². The first kappa shape index (κ1) is 30.4. The molecule has 1 aromatic heterocycles. The second-order valence-electron chi connectivity index (χ2n) is 12.8. The minimum absolute atomic E-state index is 0.0252. The summed E-state index contributed by atoms with van der Waals surface area (Å²) >= 11 is 0. The van der Waals surface area contributed by atoms with Crippen molar-refractivity contribution in [2.24, 2.45) is 0 Å². The van der Waals surface area contributed by atoms with Gasteiger partial charge in [0.15, 0.2) is 5.82 Å². The molecule has 4 atom stereocenters. The number of nitrogens with zero attached hydrogens (tertiary/aromatic N) is 4. The fourth-order valence-electron chi connectivity index (χ4n) is 7.57. The van der Waals surface area contributed by atoms with Crippen LogP contribution in [0.3, 0.4) is 0 Å². The summed E-state index contributed by atoms with van der Waals surface area (Å²) in [5, 5.41) is 14.9. The number of phenolic OH excluding ortho intramolecular Hbond substituents is 1. The molecule has 2 N–H and O–H groups in total. The van der Waals surface area contributed by atoms with Gasteiger partial charge < -0.3 is 24.8 Å². The first-order chi connectivity index (χ1) is 22.1. The average Bonchev–Trinajstić information content (AvgIpc) is 3.55. The number of terminal acetylenes is 1. The van der Waals surface area contributed by atoms with Crippen molar-refractivity contribution in [1.29, 1.82) is 0 Å². The van der Waals surface area contributed by atoms with Gasteiger partial charge in [-0.15, -0.1) is 6.42 Å². The number of alkyl halides is 1. The maximum absolute atomic E-state index is 17.0. The number of aromatic nitrogens is 2. The molecule has 4 heterocycles. The number of ether oxygens (including phenoxy) is 2. The van der Waals surface area contributed by atoms with Crippen LogP contribution in [0.2, 0.25) is 0 Å². The number of aromatic hydroxyl groups is 1. The minimum Gasteiger partial charge on any atom is -0.508 e. The van der Waals surface area contributed by atoms with Crippen molar-refractivity contribution in [2.75, 3.05) is 45.2 Å². The topological polar surface area (TPSA) is 83.0 Å². The summed E-state index contributed by atoms with van der Waals surface area (Å²) in [5.74, 6) is 1.65. The molecule has 3 aliphatic rings. The van der Waals surface area contributed by atoms with Crippen LogP contribution >= 0.6 is 0 Å². The van der Waals surface area contributed by atoms with Crippen LogP contribution in [-0.2, 0) is 0 Å². The molecule has 7 rings (SSSR count). The molecule has 0 aliphatic carbocycles. The van der Waals surface area contributed by atoms with E-state index >= 15 is 4.39 Å². The van der Waals surface area contributed by atoms with Crippen LogP contribution < -0.4 is 19.7 Å². The van der Waals surface area contributed by atoms with Crippen LogP contribution in [0.25, 0.3) is 32.8 Å². The van der Waals surface area contributed by atoms with Crippen molar-refractivity contribution in [3.05, 3.63) is 47.5 Å². The van der Waals surface area contributed by atoms with E-state index in [1.54, 1.807) is 6.07 Å². The highest BCUT2D eigenvalue weighted by Crippen LogP contribution is 2.46. The maximum atomic E-state index is 17.0. The highest BCUT2D eigenvalue weighted by molar-refractivity contribution is 6.05. The fraction of sp³-hybridized carbons (Fsp3) is 0.429. The molecule has 240 valence electrons. The number of benzene rings is 3. The van der Waals surface area contributed by atoms with Crippen LogP contribution in [0.4, 0.5) is 19.0 Å². The number of phenols is 1. The lowest BCUT2D eigenvalue weighted by Crippen LogP contribution is -2.43. The molecule has 46 heavy (non-hydrogen) atoms. The van der Waals surface area contributed by atoms with Gasteiger partial charge in [0, 0.05) is 50.0 Å². The first-order valence-electron chi connectivity index (χ1n) is 15.6. The molecule has 0 saturated carbocycles. The van der Waals surface area contributed by atoms with E-state index in [0.717, 1.165) is 19.4 Å². The molecular weight excluding hydrogens is 595 g/mol. The molecule has 0 amide bonds. The van der Waals surface area contributed by atoms with E-state index in [4.69, 9.17) is 20.9 Å². The van der Waals surface area contributed by atoms with Crippen molar-refractivity contribution in [2.45, 2.75) is 56.5 Å². The predicted molar refractivity (Wildman–Crippen MR) is 171 cm³/mol. The number of hydrogen-bond acceptors (Lipinski definition) is 8. The molecule has 11 heteroatoms. The molecule has 0 bridgehead atoms. The Kier molecular flexibility index (Phi) is 7.60. The normalized spacial score (nSPS) is 24.5. The molecule has 3 aliphatic heterocycles. The van der Waals surface area contributed by atoms with Crippen LogP contribution in [-0.4, -0.2) is 84.2 Å². The van der Waals surface area contributed by atoms with Crippen molar-refractivity contribution in [1.82, 2.24) is 20.2 Å². The van der Waals surface area contributed by atoms with Gasteiger partial charge in [-0.3, -0.25) is 4.90 Å².